The largest absolute Gasteiger partial charge is 0.375 e. The van der Waals surface area contributed by atoms with Crippen molar-refractivity contribution in [2.75, 3.05) is 18.5 Å². The van der Waals surface area contributed by atoms with Crippen LogP contribution in [-0.4, -0.2) is 40.8 Å². The number of para-hydroxylation sites is 2. The van der Waals surface area contributed by atoms with Crippen molar-refractivity contribution in [3.05, 3.63) is 24.3 Å². The van der Waals surface area contributed by atoms with Crippen molar-refractivity contribution in [2.24, 2.45) is 0 Å². The van der Waals surface area contributed by atoms with Crippen LogP contribution in [0.5, 0.6) is 0 Å². The molecule has 6 nitrogen and oxygen atoms in total. The molecule has 118 valence electrons. The van der Waals surface area contributed by atoms with Gasteiger partial charge >= 0.3 is 0 Å². The number of anilines is 1. The summed E-state index contributed by atoms with van der Waals surface area (Å²) >= 11 is 0. The molecule has 0 spiro atoms. The number of fused-ring (bicyclic) bond motifs is 1. The third kappa shape index (κ3) is 2.84. The fourth-order valence-corrected chi connectivity index (χ4v) is 2.84. The van der Waals surface area contributed by atoms with E-state index >= 15 is 0 Å². The Bertz CT molecular complexity index is 667. The third-order valence-electron chi connectivity index (χ3n) is 3.94. The quantitative estimate of drug-likeness (QED) is 0.903. The molecule has 0 bridgehead atoms. The predicted molar refractivity (Wildman–Crippen MR) is 85.9 cm³/mol. The van der Waals surface area contributed by atoms with Crippen LogP contribution in [0, 0.1) is 0 Å². The zero-order valence-electron chi connectivity index (χ0n) is 13.0. The van der Waals surface area contributed by atoms with Crippen LogP contribution < -0.4 is 10.6 Å². The van der Waals surface area contributed by atoms with Gasteiger partial charge in [0.05, 0.1) is 23.7 Å². The molecular weight excluding hydrogens is 280 g/mol. The van der Waals surface area contributed by atoms with Gasteiger partial charge in [-0.2, -0.15) is 0 Å². The van der Waals surface area contributed by atoms with Gasteiger partial charge in [-0.1, -0.05) is 19.1 Å². The molecule has 2 N–H and O–H groups in total. The van der Waals surface area contributed by atoms with Crippen molar-refractivity contribution in [2.45, 2.75) is 39.0 Å². The first kappa shape index (κ1) is 15.0. The average molecular weight is 302 g/mol. The van der Waals surface area contributed by atoms with Crippen LogP contribution in [0.25, 0.3) is 11.0 Å². The van der Waals surface area contributed by atoms with E-state index in [1.807, 2.05) is 31.2 Å². The Morgan fingerprint density at radius 1 is 1.50 bits per heavy atom. The van der Waals surface area contributed by atoms with Gasteiger partial charge in [-0.15, -0.1) is 0 Å². The normalized spacial score (nSPS) is 21.9. The van der Waals surface area contributed by atoms with Crippen LogP contribution in [0.2, 0.25) is 0 Å². The molecule has 0 radical (unpaired) electrons. The van der Waals surface area contributed by atoms with E-state index in [0.29, 0.717) is 19.1 Å². The molecule has 1 aliphatic rings. The van der Waals surface area contributed by atoms with E-state index in [1.54, 1.807) is 0 Å². The summed E-state index contributed by atoms with van der Waals surface area (Å²) in [6.45, 7) is 6.16. The van der Waals surface area contributed by atoms with Crippen LogP contribution in [0.4, 0.5) is 5.95 Å². The molecule has 2 atom stereocenters. The Morgan fingerprint density at radius 3 is 3.09 bits per heavy atom. The number of aromatic nitrogens is 2. The fraction of sp³-hybridized carbons (Fsp3) is 0.500. The summed E-state index contributed by atoms with van der Waals surface area (Å²) in [5, 5.41) is 6.16. The van der Waals surface area contributed by atoms with Gasteiger partial charge in [0.1, 0.15) is 6.04 Å². The van der Waals surface area contributed by atoms with Crippen molar-refractivity contribution in [3.8, 4) is 0 Å². The highest BCUT2D eigenvalue weighted by Crippen LogP contribution is 2.20. The molecule has 6 heteroatoms. The van der Waals surface area contributed by atoms with E-state index in [2.05, 4.69) is 27.1 Å². The van der Waals surface area contributed by atoms with Gasteiger partial charge in [0, 0.05) is 13.1 Å². The van der Waals surface area contributed by atoms with E-state index in [1.165, 1.54) is 0 Å². The second-order valence-corrected chi connectivity index (χ2v) is 5.57. The summed E-state index contributed by atoms with van der Waals surface area (Å²) in [5.41, 5.74) is 1.94. The van der Waals surface area contributed by atoms with Crippen molar-refractivity contribution >= 4 is 22.9 Å². The number of morpholine rings is 1. The molecule has 0 aliphatic carbocycles. The number of carbonyl (C=O) groups excluding carboxylic acids is 1. The minimum absolute atomic E-state index is 0.0974. The number of rotatable bonds is 4. The van der Waals surface area contributed by atoms with Gasteiger partial charge in [-0.3, -0.25) is 10.1 Å². The Labute approximate surface area is 129 Å². The number of ether oxygens (including phenoxy) is 1. The van der Waals surface area contributed by atoms with Crippen molar-refractivity contribution < 1.29 is 9.53 Å². The number of hydrogen-bond acceptors (Lipinski definition) is 4. The summed E-state index contributed by atoms with van der Waals surface area (Å²) in [5.74, 6) is 0.507. The maximum absolute atomic E-state index is 12.5. The number of benzene rings is 1. The monoisotopic (exact) mass is 302 g/mol. The van der Waals surface area contributed by atoms with Gasteiger partial charge in [0.2, 0.25) is 11.9 Å². The first-order chi connectivity index (χ1) is 10.7. The molecule has 1 aromatic heterocycles. The molecule has 22 heavy (non-hydrogen) atoms. The predicted octanol–water partition coefficient (Wildman–Crippen LogP) is 1.76. The molecule has 0 unspecified atom stereocenters. The van der Waals surface area contributed by atoms with Gasteiger partial charge in [-0.05, 0) is 25.5 Å². The van der Waals surface area contributed by atoms with Crippen LogP contribution in [0.15, 0.2) is 24.3 Å². The second-order valence-electron chi connectivity index (χ2n) is 5.57. The SMILES string of the molecule is CCCn1c(NC(=O)[C@H]2NCCO[C@@H]2C)nc2ccccc21. The van der Waals surface area contributed by atoms with E-state index in [4.69, 9.17) is 4.74 Å². The number of hydrogen-bond donors (Lipinski definition) is 2. The van der Waals surface area contributed by atoms with Gasteiger partial charge in [0.25, 0.3) is 0 Å². The first-order valence-electron chi connectivity index (χ1n) is 7.82. The van der Waals surface area contributed by atoms with E-state index < -0.39 is 0 Å². The topological polar surface area (TPSA) is 68.2 Å². The Balaban J connectivity index is 1.86. The lowest BCUT2D eigenvalue weighted by atomic mass is 10.1. The standard InChI is InChI=1S/C16H22N4O2/c1-3-9-20-13-7-5-4-6-12(13)18-16(20)19-15(21)14-11(2)22-10-8-17-14/h4-7,11,14,17H,3,8-10H2,1-2H3,(H,18,19,21)/t11-,14+/m1/s1. The molecule has 1 fully saturated rings. The minimum Gasteiger partial charge on any atom is -0.375 e. The molecular formula is C16H22N4O2. The Kier molecular flexibility index (Phi) is 4.40. The number of nitrogens with one attached hydrogen (secondary N) is 2. The smallest absolute Gasteiger partial charge is 0.246 e. The number of aryl methyl sites for hydroxylation is 1. The maximum Gasteiger partial charge on any atom is 0.246 e. The van der Waals surface area contributed by atoms with Gasteiger partial charge in [-0.25, -0.2) is 4.98 Å². The lowest BCUT2D eigenvalue weighted by Gasteiger charge is -2.29. The molecule has 2 heterocycles. The van der Waals surface area contributed by atoms with Crippen molar-refractivity contribution in [1.82, 2.24) is 14.9 Å². The van der Waals surface area contributed by atoms with E-state index in [-0.39, 0.29) is 18.1 Å². The lowest BCUT2D eigenvalue weighted by molar-refractivity contribution is -0.123. The van der Waals surface area contributed by atoms with Gasteiger partial charge in [0.15, 0.2) is 0 Å². The molecule has 1 aromatic carbocycles. The summed E-state index contributed by atoms with van der Waals surface area (Å²) in [6.07, 6.45) is 0.836. The third-order valence-corrected chi connectivity index (χ3v) is 3.94. The summed E-state index contributed by atoms with van der Waals surface area (Å²) in [7, 11) is 0. The molecule has 1 aliphatic heterocycles. The summed E-state index contributed by atoms with van der Waals surface area (Å²) < 4.78 is 7.59. The Hall–Kier alpha value is -1.92. The maximum atomic E-state index is 12.5. The fourth-order valence-electron chi connectivity index (χ4n) is 2.84. The molecule has 2 aromatic rings. The highest BCUT2D eigenvalue weighted by molar-refractivity contribution is 5.95. The molecule has 3 rings (SSSR count). The van der Waals surface area contributed by atoms with Crippen LogP contribution in [-0.2, 0) is 16.1 Å². The highest BCUT2D eigenvalue weighted by atomic mass is 16.5. The first-order valence-corrected chi connectivity index (χ1v) is 7.82. The summed E-state index contributed by atoms with van der Waals surface area (Å²) in [4.78, 5) is 17.1. The highest BCUT2D eigenvalue weighted by Gasteiger charge is 2.29. The number of imidazole rings is 1. The zero-order valence-corrected chi connectivity index (χ0v) is 13.0. The van der Waals surface area contributed by atoms with Crippen LogP contribution in [0.1, 0.15) is 20.3 Å². The molecule has 1 amide bonds. The average Bonchev–Trinajstić information content (AvgIpc) is 2.86. The van der Waals surface area contributed by atoms with Crippen LogP contribution >= 0.6 is 0 Å². The molecule has 1 saturated heterocycles. The number of amides is 1. The number of carbonyl (C=O) groups is 1. The molecule has 0 saturated carbocycles. The lowest BCUT2D eigenvalue weighted by Crippen LogP contribution is -2.53. The second kappa shape index (κ2) is 6.46. The summed E-state index contributed by atoms with van der Waals surface area (Å²) in [6, 6.07) is 7.58. The zero-order chi connectivity index (χ0) is 15.5. The van der Waals surface area contributed by atoms with Crippen molar-refractivity contribution in [3.63, 3.8) is 0 Å². The van der Waals surface area contributed by atoms with E-state index in [9.17, 15) is 4.79 Å². The Morgan fingerprint density at radius 2 is 2.32 bits per heavy atom. The van der Waals surface area contributed by atoms with Gasteiger partial charge < -0.3 is 14.6 Å². The van der Waals surface area contributed by atoms with E-state index in [0.717, 1.165) is 24.0 Å². The van der Waals surface area contributed by atoms with Crippen LogP contribution in [0.3, 0.4) is 0 Å². The van der Waals surface area contributed by atoms with Crippen molar-refractivity contribution in [1.29, 1.82) is 0 Å². The number of nitrogens with zero attached hydrogens (tertiary/aromatic N) is 2. The minimum atomic E-state index is -0.344.